The molecule has 2 rings (SSSR count). The average Bonchev–Trinajstić information content (AvgIpc) is 2.29. The third kappa shape index (κ3) is 3.43. The number of piperidine rings is 1. The first-order valence-electron chi connectivity index (χ1n) is 5.92. The number of sulfonamides is 1. The highest BCUT2D eigenvalue weighted by Crippen LogP contribution is 2.21. The highest BCUT2D eigenvalue weighted by atomic mass is 127. The number of halogens is 1. The zero-order valence-corrected chi connectivity index (χ0v) is 13.2. The van der Waals surface area contributed by atoms with Gasteiger partial charge in [-0.1, -0.05) is 0 Å². The SMILES string of the molecule is CC1(NS(=O)(=O)c2ccc(I)cc2)CCNCC1. The molecule has 2 N–H and O–H groups in total. The molecule has 0 aromatic heterocycles. The van der Waals surface area contributed by atoms with Gasteiger partial charge in [0.15, 0.2) is 0 Å². The maximum atomic E-state index is 12.3. The van der Waals surface area contributed by atoms with Gasteiger partial charge in [0, 0.05) is 9.11 Å². The topological polar surface area (TPSA) is 58.2 Å². The van der Waals surface area contributed by atoms with Gasteiger partial charge in [0.2, 0.25) is 10.0 Å². The lowest BCUT2D eigenvalue weighted by Gasteiger charge is -2.34. The van der Waals surface area contributed by atoms with Crippen LogP contribution in [0, 0.1) is 3.57 Å². The second kappa shape index (κ2) is 5.44. The van der Waals surface area contributed by atoms with E-state index in [1.165, 1.54) is 0 Å². The lowest BCUT2D eigenvalue weighted by molar-refractivity contribution is 0.308. The normalized spacial score (nSPS) is 19.7. The van der Waals surface area contributed by atoms with Crippen LogP contribution in [0.4, 0.5) is 0 Å². The molecule has 100 valence electrons. The van der Waals surface area contributed by atoms with E-state index in [0.717, 1.165) is 29.5 Å². The molecule has 0 aliphatic carbocycles. The molecule has 1 aromatic rings. The van der Waals surface area contributed by atoms with Gasteiger partial charge in [-0.25, -0.2) is 13.1 Å². The van der Waals surface area contributed by atoms with Crippen LogP contribution in [-0.4, -0.2) is 27.0 Å². The van der Waals surface area contributed by atoms with Crippen molar-refractivity contribution in [2.24, 2.45) is 0 Å². The first-order chi connectivity index (χ1) is 8.41. The lowest BCUT2D eigenvalue weighted by atomic mass is 9.92. The molecule has 1 fully saturated rings. The van der Waals surface area contributed by atoms with E-state index in [0.29, 0.717) is 4.90 Å². The molecule has 0 radical (unpaired) electrons. The van der Waals surface area contributed by atoms with Crippen LogP contribution in [0.25, 0.3) is 0 Å². The van der Waals surface area contributed by atoms with Crippen molar-refractivity contribution < 1.29 is 8.42 Å². The fourth-order valence-electron chi connectivity index (χ4n) is 2.08. The molecule has 0 saturated carbocycles. The van der Waals surface area contributed by atoms with Crippen LogP contribution in [0.2, 0.25) is 0 Å². The number of hydrogen-bond acceptors (Lipinski definition) is 3. The van der Waals surface area contributed by atoms with E-state index in [4.69, 9.17) is 0 Å². The van der Waals surface area contributed by atoms with Gasteiger partial charge in [-0.15, -0.1) is 0 Å². The third-order valence-corrected chi connectivity index (χ3v) is 5.59. The molecule has 1 heterocycles. The van der Waals surface area contributed by atoms with Crippen LogP contribution in [0.1, 0.15) is 19.8 Å². The fourth-order valence-corrected chi connectivity index (χ4v) is 3.90. The van der Waals surface area contributed by atoms with Crippen LogP contribution < -0.4 is 10.0 Å². The monoisotopic (exact) mass is 380 g/mol. The van der Waals surface area contributed by atoms with Crippen LogP contribution in [-0.2, 0) is 10.0 Å². The molecule has 1 aliphatic rings. The Morgan fingerprint density at radius 3 is 2.33 bits per heavy atom. The average molecular weight is 380 g/mol. The smallest absolute Gasteiger partial charge is 0.241 e. The molecule has 1 aliphatic heterocycles. The maximum Gasteiger partial charge on any atom is 0.241 e. The van der Waals surface area contributed by atoms with Crippen LogP contribution in [0.15, 0.2) is 29.2 Å². The summed E-state index contributed by atoms with van der Waals surface area (Å²) in [4.78, 5) is 0.336. The van der Waals surface area contributed by atoms with Crippen LogP contribution in [0.5, 0.6) is 0 Å². The van der Waals surface area contributed by atoms with Crippen molar-refractivity contribution in [1.29, 1.82) is 0 Å². The first-order valence-corrected chi connectivity index (χ1v) is 8.48. The second-order valence-electron chi connectivity index (χ2n) is 4.87. The molecule has 6 heteroatoms. The van der Waals surface area contributed by atoms with Crippen molar-refractivity contribution in [1.82, 2.24) is 10.0 Å². The highest BCUT2D eigenvalue weighted by molar-refractivity contribution is 14.1. The zero-order chi connectivity index (χ0) is 13.2. The zero-order valence-electron chi connectivity index (χ0n) is 10.2. The van der Waals surface area contributed by atoms with Gasteiger partial charge >= 0.3 is 0 Å². The molecule has 1 saturated heterocycles. The molecular weight excluding hydrogens is 363 g/mol. The second-order valence-corrected chi connectivity index (χ2v) is 7.80. The predicted octanol–water partition coefficient (Wildman–Crippen LogP) is 1.71. The van der Waals surface area contributed by atoms with Gasteiger partial charge in [0.25, 0.3) is 0 Å². The minimum atomic E-state index is -3.42. The number of benzene rings is 1. The molecule has 0 unspecified atom stereocenters. The van der Waals surface area contributed by atoms with Crippen molar-refractivity contribution in [2.75, 3.05) is 13.1 Å². The maximum absolute atomic E-state index is 12.3. The molecule has 4 nitrogen and oxygen atoms in total. The lowest BCUT2D eigenvalue weighted by Crippen LogP contribution is -2.52. The van der Waals surface area contributed by atoms with E-state index >= 15 is 0 Å². The van der Waals surface area contributed by atoms with Gasteiger partial charge in [-0.2, -0.15) is 0 Å². The van der Waals surface area contributed by atoms with Crippen molar-refractivity contribution in [3.05, 3.63) is 27.8 Å². The molecule has 18 heavy (non-hydrogen) atoms. The molecule has 0 bridgehead atoms. The molecule has 1 aromatic carbocycles. The summed E-state index contributed by atoms with van der Waals surface area (Å²) in [5, 5.41) is 3.24. The van der Waals surface area contributed by atoms with Crippen molar-refractivity contribution in [3.63, 3.8) is 0 Å². The van der Waals surface area contributed by atoms with Gasteiger partial charge < -0.3 is 5.32 Å². The van der Waals surface area contributed by atoms with E-state index in [2.05, 4.69) is 32.6 Å². The molecule has 0 atom stereocenters. The van der Waals surface area contributed by atoms with Gasteiger partial charge in [0.1, 0.15) is 0 Å². The van der Waals surface area contributed by atoms with E-state index in [1.54, 1.807) is 24.3 Å². The fraction of sp³-hybridized carbons (Fsp3) is 0.500. The number of rotatable bonds is 3. The van der Waals surface area contributed by atoms with E-state index < -0.39 is 10.0 Å². The first kappa shape index (κ1) is 14.2. The Balaban J connectivity index is 2.18. The summed E-state index contributed by atoms with van der Waals surface area (Å²) in [5.41, 5.74) is -0.340. The third-order valence-electron chi connectivity index (χ3n) is 3.21. The summed E-state index contributed by atoms with van der Waals surface area (Å²) in [7, 11) is -3.42. The van der Waals surface area contributed by atoms with Gasteiger partial charge in [-0.05, 0) is 79.7 Å². The summed E-state index contributed by atoms with van der Waals surface area (Å²) in [6, 6.07) is 6.91. The number of nitrogens with one attached hydrogen (secondary N) is 2. The summed E-state index contributed by atoms with van der Waals surface area (Å²) in [6.45, 7) is 3.68. The van der Waals surface area contributed by atoms with Crippen molar-refractivity contribution in [2.45, 2.75) is 30.2 Å². The highest BCUT2D eigenvalue weighted by Gasteiger charge is 2.31. The minimum Gasteiger partial charge on any atom is -0.317 e. The Hall–Kier alpha value is -0.180. The molecular formula is C12H17IN2O2S. The van der Waals surface area contributed by atoms with Gasteiger partial charge in [0.05, 0.1) is 4.90 Å². The Bertz CT molecular complexity index is 507. The van der Waals surface area contributed by atoms with E-state index in [9.17, 15) is 8.42 Å². The molecule has 0 amide bonds. The standard InChI is InChI=1S/C12H17IN2O2S/c1-12(6-8-14-9-7-12)15-18(16,17)11-4-2-10(13)3-5-11/h2-5,14-15H,6-9H2,1H3. The predicted molar refractivity (Wildman–Crippen MR) is 80.0 cm³/mol. The van der Waals surface area contributed by atoms with Crippen LogP contribution >= 0.6 is 22.6 Å². The summed E-state index contributed by atoms with van der Waals surface area (Å²) < 4.78 is 28.4. The summed E-state index contributed by atoms with van der Waals surface area (Å²) >= 11 is 2.16. The van der Waals surface area contributed by atoms with E-state index in [1.807, 2.05) is 6.92 Å². The van der Waals surface area contributed by atoms with E-state index in [-0.39, 0.29) is 5.54 Å². The Labute approximate surface area is 122 Å². The van der Waals surface area contributed by atoms with Gasteiger partial charge in [-0.3, -0.25) is 0 Å². The Kier molecular flexibility index (Phi) is 4.30. The quantitative estimate of drug-likeness (QED) is 0.786. The largest absolute Gasteiger partial charge is 0.317 e. The van der Waals surface area contributed by atoms with Crippen molar-refractivity contribution in [3.8, 4) is 0 Å². The summed E-state index contributed by atoms with van der Waals surface area (Å²) in [6.07, 6.45) is 1.63. The van der Waals surface area contributed by atoms with Crippen molar-refractivity contribution >= 4 is 32.6 Å². The Morgan fingerprint density at radius 1 is 1.22 bits per heavy atom. The minimum absolute atomic E-state index is 0.336. The Morgan fingerprint density at radius 2 is 1.78 bits per heavy atom. The number of hydrogen-bond donors (Lipinski definition) is 2. The van der Waals surface area contributed by atoms with Crippen LogP contribution in [0.3, 0.4) is 0 Å². The molecule has 0 spiro atoms. The summed E-state index contributed by atoms with van der Waals surface area (Å²) in [5.74, 6) is 0.